The minimum absolute atomic E-state index is 0.117. The van der Waals surface area contributed by atoms with Crippen LogP contribution in [0.25, 0.3) is 0 Å². The maximum Gasteiger partial charge on any atom is 0.308 e. The predicted octanol–water partition coefficient (Wildman–Crippen LogP) is 0.569. The van der Waals surface area contributed by atoms with E-state index in [1.807, 2.05) is 0 Å². The molecule has 0 radical (unpaired) electrons. The standard InChI is InChI=1S/C19H15NO6/c1-11(21)26-13-8-6-12(7-9-13)10-16(19(24)25)20-17(22)14-4-2-3-5-15(14)18(20)23/h2-9,16H,10H2,1H3,(H,24,25)/p-1/t16-/m0/s1. The molecule has 2 aromatic carbocycles. The second kappa shape index (κ2) is 6.79. The molecule has 0 aromatic heterocycles. The average Bonchev–Trinajstić information content (AvgIpc) is 2.85. The van der Waals surface area contributed by atoms with Gasteiger partial charge >= 0.3 is 5.97 Å². The number of benzene rings is 2. The van der Waals surface area contributed by atoms with Crippen molar-refractivity contribution >= 4 is 23.8 Å². The van der Waals surface area contributed by atoms with Crippen molar-refractivity contribution in [3.8, 4) is 5.75 Å². The first-order chi connectivity index (χ1) is 12.4. The SMILES string of the molecule is CC(=O)Oc1ccc(C[C@@H](C(=O)[O-])N2C(=O)c3ccccc3C2=O)cc1. The highest BCUT2D eigenvalue weighted by atomic mass is 16.5. The van der Waals surface area contributed by atoms with E-state index in [0.29, 0.717) is 11.3 Å². The number of carbonyl (C=O) groups excluding carboxylic acids is 4. The Bertz CT molecular complexity index is 868. The molecule has 0 unspecified atom stereocenters. The lowest BCUT2D eigenvalue weighted by Gasteiger charge is -2.27. The van der Waals surface area contributed by atoms with E-state index < -0.39 is 29.8 Å². The van der Waals surface area contributed by atoms with Gasteiger partial charge in [-0.2, -0.15) is 0 Å². The summed E-state index contributed by atoms with van der Waals surface area (Å²) in [4.78, 5) is 48.2. The third-order valence-electron chi connectivity index (χ3n) is 4.02. The lowest BCUT2D eigenvalue weighted by molar-refractivity contribution is -0.310. The Morgan fingerprint density at radius 3 is 2.00 bits per heavy atom. The summed E-state index contributed by atoms with van der Waals surface area (Å²) in [5, 5.41) is 11.6. The number of hydrogen-bond acceptors (Lipinski definition) is 6. The molecule has 0 bridgehead atoms. The molecule has 1 atom stereocenters. The van der Waals surface area contributed by atoms with Crippen molar-refractivity contribution in [1.29, 1.82) is 0 Å². The van der Waals surface area contributed by atoms with Gasteiger partial charge in [0.1, 0.15) is 5.75 Å². The van der Waals surface area contributed by atoms with E-state index in [0.717, 1.165) is 4.90 Å². The van der Waals surface area contributed by atoms with Crippen molar-refractivity contribution < 1.29 is 29.0 Å². The third kappa shape index (κ3) is 3.19. The molecule has 7 nitrogen and oxygen atoms in total. The van der Waals surface area contributed by atoms with Gasteiger partial charge in [0.05, 0.1) is 23.1 Å². The molecule has 2 aromatic rings. The summed E-state index contributed by atoms with van der Waals surface area (Å²) < 4.78 is 4.91. The second-order valence-corrected chi connectivity index (χ2v) is 5.80. The zero-order chi connectivity index (χ0) is 18.8. The van der Waals surface area contributed by atoms with Gasteiger partial charge in [-0.3, -0.25) is 19.3 Å². The van der Waals surface area contributed by atoms with Crippen molar-refractivity contribution in [3.05, 3.63) is 65.2 Å². The van der Waals surface area contributed by atoms with Crippen LogP contribution in [-0.2, 0) is 16.0 Å². The van der Waals surface area contributed by atoms with Crippen LogP contribution in [0.2, 0.25) is 0 Å². The summed E-state index contributed by atoms with van der Waals surface area (Å²) in [5.74, 6) is -3.00. The third-order valence-corrected chi connectivity index (χ3v) is 4.02. The summed E-state index contributed by atoms with van der Waals surface area (Å²) in [5.41, 5.74) is 0.898. The molecule has 3 rings (SSSR count). The summed E-state index contributed by atoms with van der Waals surface area (Å²) in [7, 11) is 0. The van der Waals surface area contributed by atoms with Gasteiger partial charge in [-0.05, 0) is 36.2 Å². The van der Waals surface area contributed by atoms with E-state index in [1.54, 1.807) is 24.3 Å². The molecule has 132 valence electrons. The lowest BCUT2D eigenvalue weighted by atomic mass is 10.0. The molecular weight excluding hydrogens is 338 g/mol. The number of amides is 2. The first kappa shape index (κ1) is 17.3. The minimum atomic E-state index is -1.52. The Kier molecular flexibility index (Phi) is 4.53. The fourth-order valence-electron chi connectivity index (χ4n) is 2.85. The van der Waals surface area contributed by atoms with Crippen molar-refractivity contribution in [2.75, 3.05) is 0 Å². The molecular formula is C19H14NO6-. The average molecular weight is 352 g/mol. The lowest BCUT2D eigenvalue weighted by Crippen LogP contribution is -2.51. The maximum absolute atomic E-state index is 12.5. The number of hydrogen-bond donors (Lipinski definition) is 0. The number of rotatable bonds is 5. The van der Waals surface area contributed by atoms with Gasteiger partial charge in [0.2, 0.25) is 0 Å². The van der Waals surface area contributed by atoms with Gasteiger partial charge in [-0.1, -0.05) is 24.3 Å². The quantitative estimate of drug-likeness (QED) is 0.443. The van der Waals surface area contributed by atoms with Gasteiger partial charge in [0, 0.05) is 6.92 Å². The zero-order valence-electron chi connectivity index (χ0n) is 13.8. The molecule has 0 saturated carbocycles. The fourth-order valence-corrected chi connectivity index (χ4v) is 2.85. The van der Waals surface area contributed by atoms with E-state index >= 15 is 0 Å². The number of esters is 1. The molecule has 7 heteroatoms. The largest absolute Gasteiger partial charge is 0.548 e. The molecule has 0 spiro atoms. The molecule has 2 amide bonds. The number of fused-ring (bicyclic) bond motifs is 1. The summed E-state index contributed by atoms with van der Waals surface area (Å²) in [6, 6.07) is 10.9. The molecule has 0 fully saturated rings. The number of carboxylic acid groups (broad SMARTS) is 1. The zero-order valence-corrected chi connectivity index (χ0v) is 13.8. The van der Waals surface area contributed by atoms with Gasteiger partial charge < -0.3 is 14.6 Å². The van der Waals surface area contributed by atoms with E-state index in [9.17, 15) is 24.3 Å². The molecule has 1 aliphatic rings. The Balaban J connectivity index is 1.85. The highest BCUT2D eigenvalue weighted by Gasteiger charge is 2.40. The Morgan fingerprint density at radius 1 is 1.00 bits per heavy atom. The predicted molar refractivity (Wildman–Crippen MR) is 87.2 cm³/mol. The number of carbonyl (C=O) groups is 4. The fraction of sp³-hybridized carbons (Fsp3) is 0.158. The minimum Gasteiger partial charge on any atom is -0.548 e. The van der Waals surface area contributed by atoms with Crippen molar-refractivity contribution in [3.63, 3.8) is 0 Å². The van der Waals surface area contributed by atoms with E-state index in [-0.39, 0.29) is 17.5 Å². The van der Waals surface area contributed by atoms with E-state index in [2.05, 4.69) is 0 Å². The Morgan fingerprint density at radius 2 is 1.54 bits per heavy atom. The molecule has 0 saturated heterocycles. The Labute approximate surface area is 148 Å². The highest BCUT2D eigenvalue weighted by molar-refractivity contribution is 6.22. The number of carboxylic acids is 1. The molecule has 0 N–H and O–H groups in total. The first-order valence-corrected chi connectivity index (χ1v) is 7.83. The van der Waals surface area contributed by atoms with Crippen LogP contribution < -0.4 is 9.84 Å². The number of nitrogens with zero attached hydrogens (tertiary/aromatic N) is 1. The molecule has 1 aliphatic heterocycles. The van der Waals surface area contributed by atoms with Crippen molar-refractivity contribution in [2.45, 2.75) is 19.4 Å². The summed E-state index contributed by atoms with van der Waals surface area (Å²) in [6.07, 6.45) is -0.117. The highest BCUT2D eigenvalue weighted by Crippen LogP contribution is 2.26. The van der Waals surface area contributed by atoms with Crippen LogP contribution in [0.1, 0.15) is 33.2 Å². The van der Waals surface area contributed by atoms with Gasteiger partial charge in [0.15, 0.2) is 0 Å². The normalized spacial score (nSPS) is 14.1. The smallest absolute Gasteiger partial charge is 0.308 e. The number of aliphatic carboxylic acids is 1. The van der Waals surface area contributed by atoms with Crippen LogP contribution in [0, 0.1) is 0 Å². The topological polar surface area (TPSA) is 104 Å². The van der Waals surface area contributed by atoms with Gasteiger partial charge in [0.25, 0.3) is 11.8 Å². The van der Waals surface area contributed by atoms with E-state index in [1.165, 1.54) is 31.2 Å². The number of imide groups is 1. The van der Waals surface area contributed by atoms with Crippen LogP contribution in [-0.4, -0.2) is 34.7 Å². The first-order valence-electron chi connectivity index (χ1n) is 7.83. The number of ether oxygens (including phenoxy) is 1. The van der Waals surface area contributed by atoms with Crippen LogP contribution in [0.15, 0.2) is 48.5 Å². The summed E-state index contributed by atoms with van der Waals surface area (Å²) in [6.45, 7) is 1.27. The molecule has 1 heterocycles. The van der Waals surface area contributed by atoms with Gasteiger partial charge in [-0.25, -0.2) is 0 Å². The Hall–Kier alpha value is -3.48. The van der Waals surface area contributed by atoms with Gasteiger partial charge in [-0.15, -0.1) is 0 Å². The van der Waals surface area contributed by atoms with Crippen LogP contribution in [0.4, 0.5) is 0 Å². The second-order valence-electron chi connectivity index (χ2n) is 5.80. The van der Waals surface area contributed by atoms with E-state index in [4.69, 9.17) is 4.74 Å². The van der Waals surface area contributed by atoms with Crippen LogP contribution >= 0.6 is 0 Å². The summed E-state index contributed by atoms with van der Waals surface area (Å²) >= 11 is 0. The van der Waals surface area contributed by atoms with Crippen LogP contribution in [0.5, 0.6) is 5.75 Å². The monoisotopic (exact) mass is 352 g/mol. The van der Waals surface area contributed by atoms with Crippen molar-refractivity contribution in [2.24, 2.45) is 0 Å². The maximum atomic E-state index is 12.5. The molecule has 26 heavy (non-hydrogen) atoms. The molecule has 0 aliphatic carbocycles. The van der Waals surface area contributed by atoms with Crippen LogP contribution in [0.3, 0.4) is 0 Å². The van der Waals surface area contributed by atoms with Crippen molar-refractivity contribution in [1.82, 2.24) is 4.90 Å².